The molecule has 10 rings (SSSR count). The minimum absolute atomic E-state index is 0. The predicted octanol–water partition coefficient (Wildman–Crippen LogP) is 12.1. The van der Waals surface area contributed by atoms with Crippen molar-refractivity contribution in [1.82, 2.24) is 9.88 Å². The number of allylic oxidation sites excluding steroid dienone is 8. The van der Waals surface area contributed by atoms with Crippen molar-refractivity contribution in [3.63, 3.8) is 0 Å². The number of pyridine rings is 1. The molecule has 1 amide bonds. The molecule has 0 saturated heterocycles. The van der Waals surface area contributed by atoms with Crippen molar-refractivity contribution in [2.24, 2.45) is 0 Å². The zero-order valence-corrected chi connectivity index (χ0v) is 55.2. The number of hydrogen-bond acceptors (Lipinski definition) is 12. The number of halogens is 1. The summed E-state index contributed by atoms with van der Waals surface area (Å²) in [5.74, 6) is -0.276. The van der Waals surface area contributed by atoms with Gasteiger partial charge in [-0.3, -0.25) is 9.78 Å². The second-order valence-corrected chi connectivity index (χ2v) is 27.7. The van der Waals surface area contributed by atoms with E-state index in [0.717, 1.165) is 108 Å². The Bertz CT molecular complexity index is 3720. The number of nitrogens with zero attached hydrogens (tertiary/aromatic N) is 5. The first-order valence-electron chi connectivity index (χ1n) is 29.6. The monoisotopic (exact) mass is 1230 g/mol. The van der Waals surface area contributed by atoms with Crippen molar-refractivity contribution < 1.29 is 65.8 Å². The molecule has 1 N–H and O–H groups in total. The molecule has 85 heavy (non-hydrogen) atoms. The van der Waals surface area contributed by atoms with Gasteiger partial charge in [-0.25, -0.2) is 13.0 Å². The molecule has 2 saturated carbocycles. The number of aromatic nitrogens is 1. The van der Waals surface area contributed by atoms with Crippen molar-refractivity contribution >= 4 is 76.8 Å². The molecule has 2 aromatic heterocycles. The van der Waals surface area contributed by atoms with Crippen molar-refractivity contribution in [3.05, 3.63) is 195 Å². The average Bonchev–Trinajstić information content (AvgIpc) is 1.97. The van der Waals surface area contributed by atoms with Crippen LogP contribution in [0.1, 0.15) is 138 Å². The molecule has 0 bridgehead atoms. The first kappa shape index (κ1) is 65.8. The molecule has 0 unspecified atom stereocenters. The van der Waals surface area contributed by atoms with E-state index in [4.69, 9.17) is 11.6 Å². The van der Waals surface area contributed by atoms with Gasteiger partial charge in [0.15, 0.2) is 6.04 Å². The molecular formula is C68H78ClN5NaO7S3-. The first-order valence-corrected chi connectivity index (χ1v) is 33.6. The maximum atomic E-state index is 15.2. The van der Waals surface area contributed by atoms with E-state index >= 15 is 4.79 Å². The third-order valence-electron chi connectivity index (χ3n) is 17.5. The number of amides is 1. The zero-order chi connectivity index (χ0) is 58.5. The Kier molecular flexibility index (Phi) is 22.2. The summed E-state index contributed by atoms with van der Waals surface area (Å²) >= 11 is 8.61. The molecule has 2 aliphatic carbocycles. The molecule has 0 spiro atoms. The van der Waals surface area contributed by atoms with Crippen LogP contribution in [0.3, 0.4) is 0 Å². The Morgan fingerprint density at radius 1 is 0.765 bits per heavy atom. The Morgan fingerprint density at radius 3 is 1.92 bits per heavy atom. The van der Waals surface area contributed by atoms with Gasteiger partial charge in [-0.2, -0.15) is 0 Å². The normalized spacial score (nSPS) is 20.7. The zero-order valence-electron chi connectivity index (χ0n) is 50.0. The summed E-state index contributed by atoms with van der Waals surface area (Å²) in [6, 6.07) is 37.7. The van der Waals surface area contributed by atoms with Crippen LogP contribution >= 0.6 is 22.9 Å². The van der Waals surface area contributed by atoms with Crippen LogP contribution in [0.2, 0.25) is 5.02 Å². The smallest absolute Gasteiger partial charge is 0.870 e. The number of fused-ring (bicyclic) bond motifs is 3. The Balaban J connectivity index is 0.00000470. The van der Waals surface area contributed by atoms with Crippen LogP contribution < -0.4 is 39.4 Å². The number of thiophene rings is 1. The van der Waals surface area contributed by atoms with Gasteiger partial charge < -0.3 is 33.1 Å². The van der Waals surface area contributed by atoms with Gasteiger partial charge in [-0.05, 0) is 128 Å². The third-order valence-corrected chi connectivity index (χ3v) is 20.6. The van der Waals surface area contributed by atoms with Gasteiger partial charge in [0.25, 0.3) is 5.91 Å². The molecule has 4 aliphatic rings. The van der Waals surface area contributed by atoms with Crippen LogP contribution in [0.4, 0.5) is 11.4 Å². The maximum absolute atomic E-state index is 15.2. The number of unbranched alkanes of at least 4 members (excludes halogenated alkanes) is 2. The fourth-order valence-electron chi connectivity index (χ4n) is 13.4. The summed E-state index contributed by atoms with van der Waals surface area (Å²) in [6.45, 7) is 14.0. The van der Waals surface area contributed by atoms with E-state index in [1.807, 2.05) is 36.4 Å². The number of anilines is 2. The van der Waals surface area contributed by atoms with Gasteiger partial charge in [0, 0.05) is 118 Å². The minimum atomic E-state index is -4.33. The van der Waals surface area contributed by atoms with E-state index in [1.54, 1.807) is 12.4 Å². The molecule has 0 radical (unpaired) electrons. The fraction of sp³-hybridized carbons (Fsp3) is 0.397. The number of carbonyl (C=O) groups is 1. The van der Waals surface area contributed by atoms with E-state index in [0.29, 0.717) is 48.8 Å². The second kappa shape index (κ2) is 28.8. The van der Waals surface area contributed by atoms with Crippen LogP contribution in [-0.4, -0.2) is 87.7 Å². The van der Waals surface area contributed by atoms with Crippen LogP contribution in [0.25, 0.3) is 21.2 Å². The van der Waals surface area contributed by atoms with E-state index in [2.05, 4.69) is 156 Å². The Labute approximate surface area is 536 Å². The van der Waals surface area contributed by atoms with Gasteiger partial charge in [0.1, 0.15) is 11.4 Å². The standard InChI is InChI=1S/C68H77ClN5O6S3.Na.H2O/c1-6-41-71(53-31-33-54(34-32-53)74(66(75)65-63(69)55-23-7-12-28-60(55)81-65)47-48-19-17-22-52(46-48)49-37-39-70-40-38-49)64-50(29-35-61-67(2,3)56-24-8-10-26-58(56)72(61)42-13-15-44-82(76)77)20-18-21-51(64)30-36-62-68(4,5)57-25-9-11-27-59(57)73(62)43-14-16-45-83(78,79)80;;/h7-12,17,19,22-30,35-40,46,53-54H,6,13-16,18,20-21,31-34,41-45,47H2,1-5H3;;1H2/q-1;+1;/p-1. The van der Waals surface area contributed by atoms with Crippen LogP contribution in [0.5, 0.6) is 0 Å². The van der Waals surface area contributed by atoms with E-state index in [-0.39, 0.29) is 75.4 Å². The van der Waals surface area contributed by atoms with Gasteiger partial charge in [0.2, 0.25) is 5.71 Å². The summed E-state index contributed by atoms with van der Waals surface area (Å²) in [5, 5.41) is 1.41. The van der Waals surface area contributed by atoms with Gasteiger partial charge in [0.05, 0.1) is 15.1 Å². The van der Waals surface area contributed by atoms with Gasteiger partial charge in [-0.1, -0.05) is 154 Å². The molecule has 2 fully saturated rings. The van der Waals surface area contributed by atoms with Gasteiger partial charge >= 0.3 is 29.6 Å². The number of benzene rings is 4. The number of rotatable bonds is 20. The van der Waals surface area contributed by atoms with Crippen molar-refractivity contribution in [1.29, 1.82) is 0 Å². The summed E-state index contributed by atoms with van der Waals surface area (Å²) in [4.78, 5) is 26.9. The number of carbonyl (C=O) groups excluding carboxylic acids is 1. The minimum Gasteiger partial charge on any atom is -0.870 e. The summed E-state index contributed by atoms with van der Waals surface area (Å²) in [6.07, 6.45) is 22.3. The van der Waals surface area contributed by atoms with E-state index in [9.17, 15) is 21.4 Å². The molecule has 444 valence electrons. The van der Waals surface area contributed by atoms with Gasteiger partial charge in [-0.15, -0.1) is 11.3 Å². The molecule has 6 aromatic rings. The second-order valence-electron chi connectivity index (χ2n) is 23.7. The van der Waals surface area contributed by atoms with Crippen molar-refractivity contribution in [3.8, 4) is 11.1 Å². The molecule has 12 nitrogen and oxygen atoms in total. The largest absolute Gasteiger partial charge is 1.00 e. The molecule has 2 aliphatic heterocycles. The van der Waals surface area contributed by atoms with Crippen LogP contribution in [0.15, 0.2) is 168 Å². The molecule has 4 heterocycles. The summed E-state index contributed by atoms with van der Waals surface area (Å²) in [5.41, 5.74) is 13.4. The SMILES string of the molecule is CCC[N+](=C1/C(=C/C=C2\N(CCCC[S-](=O)=O)c3ccccc3C2(C)C)CCC/C1=C\C=C1\N(CCCCS(=O)(=O)[O-])c2ccccc2C1(C)C)C1CCC(N(Cc2cccc(-c3ccncc3)c2)C(=O)c2sc3ccccc3c2Cl)CC1.[Na+].[OH-]. The summed E-state index contributed by atoms with van der Waals surface area (Å²) < 4.78 is 61.9. The van der Waals surface area contributed by atoms with Crippen LogP contribution in [0, 0.1) is 0 Å². The maximum Gasteiger partial charge on any atom is 1.00 e. The molecule has 4 aromatic carbocycles. The summed E-state index contributed by atoms with van der Waals surface area (Å²) in [7, 11) is -6.41. The topological polar surface area (TPSA) is 164 Å². The van der Waals surface area contributed by atoms with Crippen molar-refractivity contribution in [2.75, 3.05) is 40.9 Å². The van der Waals surface area contributed by atoms with Crippen molar-refractivity contribution in [2.45, 2.75) is 141 Å². The average molecular weight is 1230 g/mol. The van der Waals surface area contributed by atoms with E-state index in [1.165, 1.54) is 45.0 Å². The predicted molar refractivity (Wildman–Crippen MR) is 341 cm³/mol. The third kappa shape index (κ3) is 14.7. The quantitative estimate of drug-likeness (QED) is 0.0236. The van der Waals surface area contributed by atoms with E-state index < -0.39 is 20.8 Å². The number of para-hydroxylation sites is 2. The first-order chi connectivity index (χ1) is 39.9. The Hall–Kier alpha value is -5.20. The fourth-order valence-corrected chi connectivity index (χ4v) is 15.9. The molecule has 0 atom stereocenters. The molecule has 17 heteroatoms. The Morgan fingerprint density at radius 2 is 1.34 bits per heavy atom. The molecular weight excluding hydrogens is 1150 g/mol. The van der Waals surface area contributed by atoms with Crippen LogP contribution in [-0.2, 0) is 46.6 Å². The number of hydrogen-bond donors (Lipinski definition) is 0.